The van der Waals surface area contributed by atoms with Gasteiger partial charge in [0, 0.05) is 12.7 Å². The number of nitrogens with one attached hydrogen (secondary N) is 1. The summed E-state index contributed by atoms with van der Waals surface area (Å²) in [6.07, 6.45) is 2.56. The molecule has 0 aromatic carbocycles. The van der Waals surface area contributed by atoms with E-state index in [-0.39, 0.29) is 18.4 Å². The van der Waals surface area contributed by atoms with Crippen molar-refractivity contribution in [1.29, 1.82) is 0 Å². The van der Waals surface area contributed by atoms with Gasteiger partial charge in [0.25, 0.3) is 0 Å². The van der Waals surface area contributed by atoms with Gasteiger partial charge in [-0.2, -0.15) is 0 Å². The van der Waals surface area contributed by atoms with Gasteiger partial charge in [0.15, 0.2) is 0 Å². The van der Waals surface area contributed by atoms with Crippen LogP contribution in [0.2, 0.25) is 0 Å². The van der Waals surface area contributed by atoms with Crippen LogP contribution >= 0.6 is 11.8 Å². The van der Waals surface area contributed by atoms with Gasteiger partial charge in [0.1, 0.15) is 6.54 Å². The second kappa shape index (κ2) is 5.70. The van der Waals surface area contributed by atoms with Crippen LogP contribution in [0.25, 0.3) is 0 Å². The lowest BCUT2D eigenvalue weighted by molar-refractivity contribution is -0.131. The van der Waals surface area contributed by atoms with Crippen molar-refractivity contribution in [3.8, 4) is 0 Å². The first-order valence-corrected chi connectivity index (χ1v) is 5.63. The third-order valence-corrected chi connectivity index (χ3v) is 2.48. The predicted octanol–water partition coefficient (Wildman–Crippen LogP) is 0.559. The van der Waals surface area contributed by atoms with Crippen molar-refractivity contribution in [2.45, 2.75) is 13.3 Å². The molecule has 1 aliphatic rings. The summed E-state index contributed by atoms with van der Waals surface area (Å²) in [4.78, 5) is 24.0. The van der Waals surface area contributed by atoms with E-state index in [4.69, 9.17) is 0 Å². The number of thioether (sulfide) groups is 1. The summed E-state index contributed by atoms with van der Waals surface area (Å²) in [5, 5.41) is 4.55. The molecule has 0 saturated carbocycles. The van der Waals surface area contributed by atoms with E-state index in [9.17, 15) is 9.59 Å². The Hall–Kier alpha value is -0.970. The molecule has 14 heavy (non-hydrogen) atoms. The summed E-state index contributed by atoms with van der Waals surface area (Å²) in [5.41, 5.74) is 0. The number of carbonyl (C=O) groups excluding carboxylic acids is 2. The average Bonchev–Trinajstić information content (AvgIpc) is 2.18. The fourth-order valence-corrected chi connectivity index (χ4v) is 1.66. The number of hydrogen-bond acceptors (Lipinski definition) is 3. The van der Waals surface area contributed by atoms with Crippen molar-refractivity contribution in [2.75, 3.05) is 18.8 Å². The molecule has 2 amide bonds. The molecule has 5 heteroatoms. The van der Waals surface area contributed by atoms with Crippen LogP contribution in [0.1, 0.15) is 13.3 Å². The molecular formula is C9H14N2O2S. The zero-order valence-electron chi connectivity index (χ0n) is 8.16. The van der Waals surface area contributed by atoms with Gasteiger partial charge in [-0.1, -0.05) is 6.92 Å². The molecule has 0 aliphatic carbocycles. The van der Waals surface area contributed by atoms with Gasteiger partial charge >= 0.3 is 0 Å². The summed E-state index contributed by atoms with van der Waals surface area (Å²) in [5.74, 6) is 0.318. The fraction of sp³-hybridized carbons (Fsp3) is 0.556. The third kappa shape index (κ3) is 3.41. The zero-order chi connectivity index (χ0) is 10.4. The predicted molar refractivity (Wildman–Crippen MR) is 56.6 cm³/mol. The minimum Gasteiger partial charge on any atom is -0.355 e. The Labute approximate surface area is 87.7 Å². The van der Waals surface area contributed by atoms with E-state index in [0.717, 1.165) is 6.42 Å². The van der Waals surface area contributed by atoms with Crippen molar-refractivity contribution in [3.63, 3.8) is 0 Å². The van der Waals surface area contributed by atoms with Gasteiger partial charge in [0.2, 0.25) is 11.8 Å². The van der Waals surface area contributed by atoms with Crippen molar-refractivity contribution in [3.05, 3.63) is 11.6 Å². The average molecular weight is 214 g/mol. The highest BCUT2D eigenvalue weighted by molar-refractivity contribution is 8.02. The molecule has 0 bridgehead atoms. The van der Waals surface area contributed by atoms with Gasteiger partial charge < -0.3 is 10.2 Å². The smallest absolute Gasteiger partial charge is 0.240 e. The Morgan fingerprint density at radius 1 is 1.71 bits per heavy atom. The number of carbonyl (C=O) groups is 2. The molecule has 0 fully saturated rings. The molecular weight excluding hydrogens is 200 g/mol. The second-order valence-electron chi connectivity index (χ2n) is 2.97. The molecule has 0 spiro atoms. The molecule has 78 valence electrons. The molecule has 0 atom stereocenters. The first-order valence-electron chi connectivity index (χ1n) is 4.58. The molecule has 1 aliphatic heterocycles. The first-order chi connectivity index (χ1) is 6.74. The minimum atomic E-state index is -0.100. The summed E-state index contributed by atoms with van der Waals surface area (Å²) in [7, 11) is 0. The van der Waals surface area contributed by atoms with E-state index in [2.05, 4.69) is 5.32 Å². The van der Waals surface area contributed by atoms with Crippen LogP contribution < -0.4 is 5.32 Å². The lowest BCUT2D eigenvalue weighted by Crippen LogP contribution is -2.39. The summed E-state index contributed by atoms with van der Waals surface area (Å²) in [6.45, 7) is 2.79. The quantitative estimate of drug-likeness (QED) is 0.744. The van der Waals surface area contributed by atoms with Crippen LogP contribution in [0.5, 0.6) is 0 Å². The molecule has 0 unspecified atom stereocenters. The van der Waals surface area contributed by atoms with Crippen LogP contribution in [0.15, 0.2) is 11.6 Å². The lowest BCUT2D eigenvalue weighted by atomic mass is 10.4. The van der Waals surface area contributed by atoms with Crippen molar-refractivity contribution >= 4 is 23.6 Å². The Morgan fingerprint density at radius 3 is 3.14 bits per heavy atom. The Kier molecular flexibility index (Phi) is 4.52. The maximum atomic E-state index is 11.3. The van der Waals surface area contributed by atoms with Crippen LogP contribution in [-0.4, -0.2) is 35.6 Å². The molecule has 1 rings (SSSR count). The standard InChI is InChI=1S/C9H14N2O2S/c1-2-3-10-8(12)6-11-4-5-14-7-9(11)13/h4-5H,2-3,6-7H2,1H3,(H,10,12). The summed E-state index contributed by atoms with van der Waals surface area (Å²) in [6, 6.07) is 0. The Balaban J connectivity index is 2.35. The van der Waals surface area contributed by atoms with Crippen molar-refractivity contribution in [1.82, 2.24) is 10.2 Å². The third-order valence-electron chi connectivity index (χ3n) is 1.75. The molecule has 0 aromatic heterocycles. The molecule has 0 aromatic rings. The van der Waals surface area contributed by atoms with Gasteiger partial charge in [0.05, 0.1) is 5.75 Å². The van der Waals surface area contributed by atoms with Gasteiger partial charge in [-0.15, -0.1) is 11.8 Å². The van der Waals surface area contributed by atoms with Crippen LogP contribution in [-0.2, 0) is 9.59 Å². The maximum absolute atomic E-state index is 11.3. The van der Waals surface area contributed by atoms with Crippen molar-refractivity contribution in [2.24, 2.45) is 0 Å². The summed E-state index contributed by atoms with van der Waals surface area (Å²) >= 11 is 1.45. The zero-order valence-corrected chi connectivity index (χ0v) is 8.97. The van der Waals surface area contributed by atoms with E-state index in [1.807, 2.05) is 12.3 Å². The van der Waals surface area contributed by atoms with Gasteiger partial charge in [-0.3, -0.25) is 9.59 Å². The monoisotopic (exact) mass is 214 g/mol. The van der Waals surface area contributed by atoms with E-state index in [1.165, 1.54) is 16.7 Å². The number of amides is 2. The number of hydrogen-bond donors (Lipinski definition) is 1. The normalized spacial score (nSPS) is 15.8. The van der Waals surface area contributed by atoms with Crippen molar-refractivity contribution < 1.29 is 9.59 Å². The second-order valence-corrected chi connectivity index (χ2v) is 3.86. The highest BCUT2D eigenvalue weighted by Crippen LogP contribution is 2.11. The van der Waals surface area contributed by atoms with Crippen LogP contribution in [0.3, 0.4) is 0 Å². The van der Waals surface area contributed by atoms with E-state index < -0.39 is 0 Å². The molecule has 0 saturated heterocycles. The largest absolute Gasteiger partial charge is 0.355 e. The Morgan fingerprint density at radius 2 is 2.50 bits per heavy atom. The topological polar surface area (TPSA) is 49.4 Å². The van der Waals surface area contributed by atoms with Crippen LogP contribution in [0, 0.1) is 0 Å². The number of rotatable bonds is 4. The van der Waals surface area contributed by atoms with E-state index >= 15 is 0 Å². The fourth-order valence-electron chi connectivity index (χ4n) is 1.02. The van der Waals surface area contributed by atoms with Crippen LogP contribution in [0.4, 0.5) is 0 Å². The maximum Gasteiger partial charge on any atom is 0.240 e. The Bertz CT molecular complexity index is 253. The highest BCUT2D eigenvalue weighted by atomic mass is 32.2. The molecule has 1 N–H and O–H groups in total. The highest BCUT2D eigenvalue weighted by Gasteiger charge is 2.16. The van der Waals surface area contributed by atoms with E-state index in [0.29, 0.717) is 12.3 Å². The molecule has 1 heterocycles. The van der Waals surface area contributed by atoms with Gasteiger partial charge in [-0.25, -0.2) is 0 Å². The molecule has 0 radical (unpaired) electrons. The SMILES string of the molecule is CCCNC(=O)CN1C=CSCC1=O. The summed E-state index contributed by atoms with van der Waals surface area (Å²) < 4.78 is 0. The minimum absolute atomic E-state index is 0.0100. The number of nitrogens with zero attached hydrogens (tertiary/aromatic N) is 1. The first kappa shape index (κ1) is 11.1. The van der Waals surface area contributed by atoms with E-state index in [1.54, 1.807) is 6.20 Å². The molecule has 4 nitrogen and oxygen atoms in total. The van der Waals surface area contributed by atoms with Gasteiger partial charge in [-0.05, 0) is 11.8 Å². The lowest BCUT2D eigenvalue weighted by Gasteiger charge is -2.20.